The zero-order chi connectivity index (χ0) is 55.9. The molecular formula is C77H50O5. The summed E-state index contributed by atoms with van der Waals surface area (Å²) in [6, 6.07) is 94.3. The van der Waals surface area contributed by atoms with Crippen molar-refractivity contribution in [1.29, 1.82) is 0 Å². The largest absolute Gasteiger partial charge is 0.289 e. The van der Waals surface area contributed by atoms with E-state index in [1.165, 1.54) is 0 Å². The van der Waals surface area contributed by atoms with Crippen LogP contribution in [0.3, 0.4) is 0 Å². The maximum Gasteiger partial charge on any atom is 0.193 e. The summed E-state index contributed by atoms with van der Waals surface area (Å²) in [7, 11) is 0. The fraction of sp³-hybridized carbons (Fsp3) is 0. The maximum atomic E-state index is 16.0. The van der Waals surface area contributed by atoms with Gasteiger partial charge in [0.2, 0.25) is 0 Å². The highest BCUT2D eigenvalue weighted by Gasteiger charge is 2.22. The van der Waals surface area contributed by atoms with Gasteiger partial charge >= 0.3 is 0 Å². The number of hydrogen-bond donors (Lipinski definition) is 0. The summed E-state index contributed by atoms with van der Waals surface area (Å²) in [4.78, 5) is 72.8. The summed E-state index contributed by atoms with van der Waals surface area (Å²) in [5, 5.41) is 0. The zero-order valence-electron chi connectivity index (χ0n) is 44.4. The van der Waals surface area contributed by atoms with E-state index in [1.54, 1.807) is 60.7 Å². The zero-order valence-corrected chi connectivity index (χ0v) is 44.4. The van der Waals surface area contributed by atoms with Crippen LogP contribution in [0, 0.1) is 0 Å². The minimum Gasteiger partial charge on any atom is -0.289 e. The summed E-state index contributed by atoms with van der Waals surface area (Å²) in [5.74, 6) is -0.887. The van der Waals surface area contributed by atoms with E-state index < -0.39 is 0 Å². The van der Waals surface area contributed by atoms with Crippen molar-refractivity contribution in [3.05, 3.63) is 359 Å². The molecule has 0 aromatic heterocycles. The molecule has 0 heterocycles. The lowest BCUT2D eigenvalue weighted by Gasteiger charge is -2.16. The number of benzene rings is 12. The van der Waals surface area contributed by atoms with Gasteiger partial charge in [0.25, 0.3) is 0 Å². The number of ketones is 5. The van der Waals surface area contributed by atoms with Crippen LogP contribution in [0.15, 0.2) is 303 Å². The average Bonchev–Trinajstić information content (AvgIpc) is 3.70. The third kappa shape index (κ3) is 11.2. The predicted octanol–water partition coefficient (Wildman–Crippen LogP) is 17.8. The highest BCUT2D eigenvalue weighted by Crippen LogP contribution is 2.38. The van der Waals surface area contributed by atoms with Gasteiger partial charge in [0.15, 0.2) is 28.9 Å². The Balaban J connectivity index is 1.06. The normalized spacial score (nSPS) is 10.9. The Morgan fingerprint density at radius 3 is 0.573 bits per heavy atom. The van der Waals surface area contributed by atoms with Gasteiger partial charge in [0, 0.05) is 55.6 Å². The van der Waals surface area contributed by atoms with Crippen LogP contribution >= 0.6 is 0 Å². The van der Waals surface area contributed by atoms with E-state index in [1.807, 2.05) is 243 Å². The minimum atomic E-state index is -0.307. The molecule has 82 heavy (non-hydrogen) atoms. The molecule has 12 aromatic rings. The van der Waals surface area contributed by atoms with Crippen LogP contribution in [0.25, 0.3) is 66.8 Å². The molecule has 0 bridgehead atoms. The smallest absolute Gasteiger partial charge is 0.193 e. The monoisotopic (exact) mass is 1050 g/mol. The van der Waals surface area contributed by atoms with Crippen molar-refractivity contribution in [3.8, 4) is 66.8 Å². The van der Waals surface area contributed by atoms with Crippen LogP contribution in [0.1, 0.15) is 79.6 Å². The van der Waals surface area contributed by atoms with Gasteiger partial charge in [0.05, 0.1) is 0 Å². The molecule has 0 atom stereocenters. The maximum absolute atomic E-state index is 16.0. The second kappa shape index (κ2) is 23.1. The molecule has 0 unspecified atom stereocenters. The minimum absolute atomic E-state index is 0.140. The predicted molar refractivity (Wildman–Crippen MR) is 328 cm³/mol. The quantitative estimate of drug-likeness (QED) is 0.0900. The Hall–Kier alpha value is -11.0. The molecule has 0 N–H and O–H groups in total. The first-order valence-corrected chi connectivity index (χ1v) is 27.1. The fourth-order valence-corrected chi connectivity index (χ4v) is 10.5. The van der Waals surface area contributed by atoms with E-state index >= 15 is 4.79 Å². The molecule has 12 rings (SSSR count). The second-order valence-electron chi connectivity index (χ2n) is 20.2. The number of carbonyl (C=O) groups is 5. The van der Waals surface area contributed by atoms with Gasteiger partial charge < -0.3 is 0 Å². The van der Waals surface area contributed by atoms with Crippen LogP contribution < -0.4 is 0 Å². The Morgan fingerprint density at radius 1 is 0.134 bits per heavy atom. The molecule has 0 saturated carbocycles. The first kappa shape index (κ1) is 51.7. The van der Waals surface area contributed by atoms with Gasteiger partial charge in [-0.2, -0.15) is 0 Å². The van der Waals surface area contributed by atoms with Crippen molar-refractivity contribution in [2.45, 2.75) is 0 Å². The molecule has 0 spiro atoms. The van der Waals surface area contributed by atoms with Crippen LogP contribution in [0.4, 0.5) is 0 Å². The Morgan fingerprint density at radius 2 is 0.305 bits per heavy atom. The molecule has 5 heteroatoms. The number of rotatable bonds is 16. The topological polar surface area (TPSA) is 85.3 Å². The summed E-state index contributed by atoms with van der Waals surface area (Å²) in [5.41, 5.74) is 13.8. The van der Waals surface area contributed by atoms with Gasteiger partial charge in [-0.05, 0) is 152 Å². The summed E-state index contributed by atoms with van der Waals surface area (Å²) in [6.45, 7) is 0. The first-order chi connectivity index (χ1) is 40.2. The second-order valence-corrected chi connectivity index (χ2v) is 20.2. The van der Waals surface area contributed by atoms with E-state index in [0.29, 0.717) is 100 Å². The molecule has 0 aliphatic heterocycles. The van der Waals surface area contributed by atoms with E-state index in [2.05, 4.69) is 0 Å². The fourth-order valence-electron chi connectivity index (χ4n) is 10.5. The lowest BCUT2D eigenvalue weighted by Crippen LogP contribution is -2.05. The summed E-state index contributed by atoms with van der Waals surface area (Å²) >= 11 is 0. The average molecular weight is 1060 g/mol. The Bertz CT molecular complexity index is 4100. The van der Waals surface area contributed by atoms with Gasteiger partial charge in [-0.15, -0.1) is 0 Å². The molecule has 12 aromatic carbocycles. The molecule has 388 valence electrons. The van der Waals surface area contributed by atoms with Crippen molar-refractivity contribution in [1.82, 2.24) is 0 Å². The van der Waals surface area contributed by atoms with E-state index in [4.69, 9.17) is 0 Å². The molecule has 0 aliphatic carbocycles. The van der Waals surface area contributed by atoms with Gasteiger partial charge in [-0.1, -0.05) is 218 Å². The van der Waals surface area contributed by atoms with E-state index in [0.717, 1.165) is 22.3 Å². The molecular weight excluding hydrogens is 1000 g/mol. The molecule has 0 fully saturated rings. The first-order valence-electron chi connectivity index (χ1n) is 27.1. The van der Waals surface area contributed by atoms with Gasteiger partial charge in [0.1, 0.15) is 0 Å². The van der Waals surface area contributed by atoms with Crippen LogP contribution in [0.2, 0.25) is 0 Å². The number of carbonyl (C=O) groups excluding carboxylic acids is 5. The van der Waals surface area contributed by atoms with Crippen LogP contribution in [0.5, 0.6) is 0 Å². The van der Waals surface area contributed by atoms with Crippen molar-refractivity contribution in [3.63, 3.8) is 0 Å². The molecule has 0 aliphatic rings. The van der Waals surface area contributed by atoms with Crippen molar-refractivity contribution >= 4 is 28.9 Å². The summed E-state index contributed by atoms with van der Waals surface area (Å²) < 4.78 is 0. The molecule has 0 amide bonds. The van der Waals surface area contributed by atoms with Gasteiger partial charge in [-0.25, -0.2) is 0 Å². The third-order valence-corrected chi connectivity index (χ3v) is 14.7. The third-order valence-electron chi connectivity index (χ3n) is 14.7. The summed E-state index contributed by atoms with van der Waals surface area (Å²) in [6.07, 6.45) is 0. The lowest BCUT2D eigenvalue weighted by molar-refractivity contribution is 0.103. The molecule has 5 nitrogen and oxygen atoms in total. The van der Waals surface area contributed by atoms with Crippen molar-refractivity contribution < 1.29 is 24.0 Å². The number of hydrogen-bond acceptors (Lipinski definition) is 5. The standard InChI is InChI=1S/C77H50O5/c78-73(53-25-11-3-12-26-53)59-35-19-33-57(37-59)63-41-67(65-39-61(51-21-7-1-8-22-51)43-69(47-65)75(80)55-29-15-5-16-30-55)49-71(45-63)77(82)72-46-64(58-34-20-36-60(38-58)74(79)54-27-13-4-14-28-54)42-68(50-72)66-40-62(52-23-9-2-10-24-52)44-70(48-66)76(81)56-31-17-6-18-32-56/h1-50H. The Labute approximate surface area is 476 Å². The van der Waals surface area contributed by atoms with E-state index in [-0.39, 0.29) is 28.9 Å². The molecule has 0 radical (unpaired) electrons. The van der Waals surface area contributed by atoms with Gasteiger partial charge in [-0.3, -0.25) is 24.0 Å². The van der Waals surface area contributed by atoms with Crippen LogP contribution in [-0.2, 0) is 0 Å². The highest BCUT2D eigenvalue weighted by molar-refractivity contribution is 6.15. The van der Waals surface area contributed by atoms with E-state index in [9.17, 15) is 19.2 Å². The molecule has 0 saturated heterocycles. The SMILES string of the molecule is O=C(c1ccccc1)c1cccc(-c2cc(C(=O)c3cc(-c4cccc(C(=O)c5ccccc5)c4)cc(-c4cc(C(=O)c5ccccc5)cc(-c5ccccc5)c4)c3)cc(-c3cc(C(=O)c4ccccc4)cc(-c4ccccc4)c3)c2)c1. The Kier molecular flexibility index (Phi) is 14.6. The van der Waals surface area contributed by atoms with Crippen molar-refractivity contribution in [2.24, 2.45) is 0 Å². The lowest BCUT2D eigenvalue weighted by atomic mass is 9.87. The highest BCUT2D eigenvalue weighted by atomic mass is 16.1. The van der Waals surface area contributed by atoms with Crippen LogP contribution in [-0.4, -0.2) is 28.9 Å². The van der Waals surface area contributed by atoms with Crippen molar-refractivity contribution in [2.75, 3.05) is 0 Å².